The number of nitrogens with zero attached hydrogens (tertiary/aromatic N) is 3. The third kappa shape index (κ3) is 5.20. The van der Waals surface area contributed by atoms with Gasteiger partial charge in [0.05, 0.1) is 38.9 Å². The minimum absolute atomic E-state index is 0.0250. The van der Waals surface area contributed by atoms with Crippen LogP contribution < -0.4 is 5.32 Å². The highest BCUT2D eigenvalue weighted by molar-refractivity contribution is 9.10. The van der Waals surface area contributed by atoms with E-state index in [9.17, 15) is 14.0 Å². The molecule has 0 radical (unpaired) electrons. The number of aliphatic imine (C=N–C) groups is 1. The molecular formula is C25H26BrFN4O5S. The molecule has 3 aliphatic rings. The lowest BCUT2D eigenvalue weighted by atomic mass is 9.84. The number of aromatic nitrogens is 1. The fourth-order valence-corrected chi connectivity index (χ4v) is 6.41. The Bertz CT molecular complexity index is 1240. The largest absolute Gasteiger partial charge is 0.469 e. The number of thiazole rings is 1. The summed E-state index contributed by atoms with van der Waals surface area (Å²) in [6.07, 6.45) is 2.89. The van der Waals surface area contributed by atoms with Crippen molar-refractivity contribution < 1.29 is 28.2 Å². The molecule has 1 aromatic carbocycles. The molecule has 0 spiro atoms. The topological polar surface area (TPSA) is 102 Å². The number of halogens is 2. The number of nitrogens with one attached hydrogen (secondary N) is 1. The van der Waals surface area contributed by atoms with Gasteiger partial charge in [-0.15, -0.1) is 11.3 Å². The molecule has 12 heteroatoms. The Balaban J connectivity index is 1.56. The van der Waals surface area contributed by atoms with Crippen LogP contribution in [-0.4, -0.2) is 73.7 Å². The van der Waals surface area contributed by atoms with Gasteiger partial charge in [-0.1, -0.05) is 22.0 Å². The van der Waals surface area contributed by atoms with Gasteiger partial charge in [0.25, 0.3) is 0 Å². The molecule has 0 aliphatic carbocycles. The average Bonchev–Trinajstić information content (AvgIpc) is 3.42. The first-order chi connectivity index (χ1) is 17.9. The molecule has 2 bridgehead atoms. The number of amidine groups is 1. The van der Waals surface area contributed by atoms with Gasteiger partial charge in [-0.2, -0.15) is 0 Å². The number of rotatable bonds is 6. The molecule has 196 valence electrons. The van der Waals surface area contributed by atoms with E-state index < -0.39 is 17.8 Å². The molecule has 0 amide bonds. The first-order valence-corrected chi connectivity index (χ1v) is 13.5. The molecule has 5 rings (SSSR count). The minimum atomic E-state index is -0.749. The van der Waals surface area contributed by atoms with Crippen LogP contribution in [0.1, 0.15) is 29.5 Å². The number of hydrogen-bond donors (Lipinski definition) is 1. The van der Waals surface area contributed by atoms with Crippen molar-refractivity contribution in [2.45, 2.75) is 31.0 Å². The van der Waals surface area contributed by atoms with Crippen molar-refractivity contribution in [3.63, 3.8) is 0 Å². The highest BCUT2D eigenvalue weighted by Gasteiger charge is 2.43. The van der Waals surface area contributed by atoms with Gasteiger partial charge in [0, 0.05) is 40.4 Å². The zero-order chi connectivity index (χ0) is 26.1. The van der Waals surface area contributed by atoms with Gasteiger partial charge >= 0.3 is 11.9 Å². The van der Waals surface area contributed by atoms with Crippen LogP contribution in [0.3, 0.4) is 0 Å². The Morgan fingerprint density at radius 3 is 2.62 bits per heavy atom. The predicted molar refractivity (Wildman–Crippen MR) is 138 cm³/mol. The van der Waals surface area contributed by atoms with Crippen molar-refractivity contribution >= 4 is 45.0 Å². The van der Waals surface area contributed by atoms with Crippen molar-refractivity contribution in [3.05, 3.63) is 61.9 Å². The highest BCUT2D eigenvalue weighted by Crippen LogP contribution is 2.39. The smallest absolute Gasteiger partial charge is 0.338 e. The lowest BCUT2D eigenvalue weighted by Crippen LogP contribution is -2.59. The molecule has 2 aromatic rings. The molecule has 1 aromatic heterocycles. The number of methoxy groups -OCH3 is 2. The Kier molecular flexibility index (Phi) is 7.70. The fourth-order valence-electron chi connectivity index (χ4n) is 5.26. The van der Waals surface area contributed by atoms with E-state index in [0.29, 0.717) is 64.7 Å². The molecule has 37 heavy (non-hydrogen) atoms. The minimum Gasteiger partial charge on any atom is -0.469 e. The van der Waals surface area contributed by atoms with Crippen LogP contribution in [0.2, 0.25) is 0 Å². The predicted octanol–water partition coefficient (Wildman–Crippen LogP) is 3.22. The summed E-state index contributed by atoms with van der Waals surface area (Å²) in [7, 11) is 2.74. The maximum Gasteiger partial charge on any atom is 0.338 e. The number of fused-ring (bicyclic) bond motifs is 2. The Hall–Kier alpha value is -2.67. The van der Waals surface area contributed by atoms with E-state index in [1.54, 1.807) is 12.3 Å². The van der Waals surface area contributed by atoms with Crippen LogP contribution in [0.25, 0.3) is 0 Å². The number of piperidine rings is 1. The number of esters is 2. The van der Waals surface area contributed by atoms with Gasteiger partial charge in [0.1, 0.15) is 11.9 Å². The third-order valence-electron chi connectivity index (χ3n) is 6.97. The van der Waals surface area contributed by atoms with Crippen molar-refractivity contribution in [1.82, 2.24) is 15.2 Å². The second-order valence-corrected chi connectivity index (χ2v) is 10.8. The summed E-state index contributed by atoms with van der Waals surface area (Å²) in [5, 5.41) is 5.86. The van der Waals surface area contributed by atoms with Crippen molar-refractivity contribution in [3.8, 4) is 0 Å². The van der Waals surface area contributed by atoms with Gasteiger partial charge in [-0.05, 0) is 30.5 Å². The lowest BCUT2D eigenvalue weighted by molar-refractivity contribution is -0.153. The number of hydrogen-bond acceptors (Lipinski definition) is 10. The van der Waals surface area contributed by atoms with E-state index in [1.165, 1.54) is 37.7 Å². The average molecular weight is 593 g/mol. The monoisotopic (exact) mass is 592 g/mol. The molecule has 3 atom stereocenters. The normalized spacial score (nSPS) is 25.8. The van der Waals surface area contributed by atoms with Gasteiger partial charge < -0.3 is 19.5 Å². The molecule has 9 nitrogen and oxygen atoms in total. The lowest BCUT2D eigenvalue weighted by Gasteiger charge is -2.48. The van der Waals surface area contributed by atoms with E-state index in [4.69, 9.17) is 19.2 Å². The van der Waals surface area contributed by atoms with Crippen molar-refractivity contribution in [2.24, 2.45) is 10.9 Å². The standard InChI is InChI=1S/C25H26BrFN4O5S/c1-34-24(32)13-7-15-11-36-12-16(8-13)31(15)10-19-20(25(33)35-2)21(17-4-3-14(27)9-18(17)26)30-22(29-19)23-28-5-6-37-23/h3-6,9,13,15-16,21H,7-8,10-12H2,1-2H3,(H,29,30)/t13?,15?,16?,21-/m0/s1. The van der Waals surface area contributed by atoms with E-state index in [2.05, 4.69) is 31.1 Å². The maximum absolute atomic E-state index is 13.9. The fraction of sp³-hybridized carbons (Fsp3) is 0.440. The Morgan fingerprint density at radius 2 is 2.00 bits per heavy atom. The van der Waals surface area contributed by atoms with Crippen molar-refractivity contribution in [1.29, 1.82) is 0 Å². The van der Waals surface area contributed by atoms with Crippen molar-refractivity contribution in [2.75, 3.05) is 34.0 Å². The summed E-state index contributed by atoms with van der Waals surface area (Å²) < 4.78 is 30.4. The maximum atomic E-state index is 13.9. The summed E-state index contributed by atoms with van der Waals surface area (Å²) in [5.74, 6) is -0.815. The van der Waals surface area contributed by atoms with Gasteiger partial charge in [0.15, 0.2) is 10.8 Å². The van der Waals surface area contributed by atoms with E-state index in [1.807, 2.05) is 5.38 Å². The molecule has 1 N–H and O–H groups in total. The Morgan fingerprint density at radius 1 is 1.24 bits per heavy atom. The summed E-state index contributed by atoms with van der Waals surface area (Å²) in [6.45, 7) is 1.34. The summed E-state index contributed by atoms with van der Waals surface area (Å²) in [4.78, 5) is 37.0. The van der Waals surface area contributed by atoms with Crippen LogP contribution in [-0.2, 0) is 23.8 Å². The highest BCUT2D eigenvalue weighted by atomic mass is 79.9. The van der Waals surface area contributed by atoms with E-state index in [0.717, 1.165) is 0 Å². The zero-order valence-corrected chi connectivity index (χ0v) is 22.7. The quantitative estimate of drug-likeness (QED) is 0.510. The second-order valence-electron chi connectivity index (χ2n) is 9.10. The number of benzene rings is 1. The third-order valence-corrected chi connectivity index (χ3v) is 8.44. The molecule has 2 fully saturated rings. The van der Waals surface area contributed by atoms with Gasteiger partial charge in [-0.3, -0.25) is 14.7 Å². The van der Waals surface area contributed by atoms with Crippen LogP contribution in [0.4, 0.5) is 4.39 Å². The second kappa shape index (κ2) is 11.0. The number of morpholine rings is 1. The summed E-state index contributed by atoms with van der Waals surface area (Å²) in [5.41, 5.74) is 1.59. The molecule has 0 saturated carbocycles. The first-order valence-electron chi connectivity index (χ1n) is 11.8. The molecule has 4 heterocycles. The number of ether oxygens (including phenoxy) is 3. The summed E-state index contributed by atoms with van der Waals surface area (Å²) in [6, 6.07) is 3.51. The van der Waals surface area contributed by atoms with Crippen LogP contribution in [0.15, 0.2) is 50.5 Å². The first kappa shape index (κ1) is 26.0. The molecular weight excluding hydrogens is 567 g/mol. The summed E-state index contributed by atoms with van der Waals surface area (Å²) >= 11 is 4.87. The zero-order valence-electron chi connectivity index (χ0n) is 20.3. The van der Waals surface area contributed by atoms with Crippen LogP contribution in [0, 0.1) is 11.7 Å². The van der Waals surface area contributed by atoms with Gasteiger partial charge in [-0.25, -0.2) is 14.2 Å². The van der Waals surface area contributed by atoms with Crippen LogP contribution >= 0.6 is 27.3 Å². The molecule has 2 saturated heterocycles. The SMILES string of the molecule is COC(=O)C1=C(CN2C3COCC2CC(C(=O)OC)C3)NC(c2nccs2)=N[C@H]1c1ccc(F)cc1Br. The Labute approximate surface area is 225 Å². The number of carbonyl (C=O) groups is 2. The van der Waals surface area contributed by atoms with E-state index >= 15 is 0 Å². The number of carbonyl (C=O) groups excluding carboxylic acids is 2. The van der Waals surface area contributed by atoms with Gasteiger partial charge in [0.2, 0.25) is 0 Å². The molecule has 3 aliphatic heterocycles. The van der Waals surface area contributed by atoms with E-state index in [-0.39, 0.29) is 24.0 Å². The molecule has 2 unspecified atom stereocenters. The van der Waals surface area contributed by atoms with Crippen LogP contribution in [0.5, 0.6) is 0 Å².